The Bertz CT molecular complexity index is 701. The lowest BCUT2D eigenvalue weighted by Gasteiger charge is -2.09. The van der Waals surface area contributed by atoms with Crippen molar-refractivity contribution in [1.82, 2.24) is 0 Å². The van der Waals surface area contributed by atoms with Crippen LogP contribution < -0.4 is 10.6 Å². The lowest BCUT2D eigenvalue weighted by molar-refractivity contribution is -0.133. The van der Waals surface area contributed by atoms with E-state index in [1.165, 1.54) is 36.4 Å². The van der Waals surface area contributed by atoms with E-state index in [-0.39, 0.29) is 11.4 Å². The fraction of sp³-hybridized carbons (Fsp3) is 0.0667. The van der Waals surface area contributed by atoms with Gasteiger partial charge in [0.1, 0.15) is 11.6 Å². The number of phenols is 1. The van der Waals surface area contributed by atoms with Crippen molar-refractivity contribution in [2.24, 2.45) is 0 Å². The Morgan fingerprint density at radius 2 is 1.76 bits per heavy atom. The van der Waals surface area contributed by atoms with Crippen LogP contribution in [0, 0.1) is 12.7 Å². The molecule has 2 rings (SSSR count). The van der Waals surface area contributed by atoms with Gasteiger partial charge in [0.25, 0.3) is 0 Å². The van der Waals surface area contributed by atoms with E-state index >= 15 is 0 Å². The molecule has 108 valence electrons. The van der Waals surface area contributed by atoms with Crippen molar-refractivity contribution < 1.29 is 19.1 Å². The summed E-state index contributed by atoms with van der Waals surface area (Å²) in [6.07, 6.45) is 0. The zero-order chi connectivity index (χ0) is 15.4. The van der Waals surface area contributed by atoms with Gasteiger partial charge in [-0.05, 0) is 48.9 Å². The van der Waals surface area contributed by atoms with Gasteiger partial charge in [-0.1, -0.05) is 6.07 Å². The first-order chi connectivity index (χ1) is 9.95. The Kier molecular flexibility index (Phi) is 4.18. The van der Waals surface area contributed by atoms with Gasteiger partial charge in [0, 0.05) is 11.4 Å². The fourth-order valence-corrected chi connectivity index (χ4v) is 1.72. The predicted octanol–water partition coefficient (Wildman–Crippen LogP) is 2.42. The van der Waals surface area contributed by atoms with Crippen LogP contribution in [0.15, 0.2) is 42.5 Å². The second-order valence-electron chi connectivity index (χ2n) is 4.42. The van der Waals surface area contributed by atoms with E-state index in [2.05, 4.69) is 10.6 Å². The molecule has 0 saturated carbocycles. The topological polar surface area (TPSA) is 78.4 Å². The number of carbonyl (C=O) groups is 2. The van der Waals surface area contributed by atoms with Gasteiger partial charge in [-0.15, -0.1) is 0 Å². The van der Waals surface area contributed by atoms with E-state index < -0.39 is 17.6 Å². The molecule has 2 aromatic rings. The lowest BCUT2D eigenvalue weighted by Crippen LogP contribution is -2.29. The highest BCUT2D eigenvalue weighted by Crippen LogP contribution is 2.20. The summed E-state index contributed by atoms with van der Waals surface area (Å²) in [5.41, 5.74) is 1.21. The van der Waals surface area contributed by atoms with Gasteiger partial charge in [-0.3, -0.25) is 9.59 Å². The van der Waals surface area contributed by atoms with Gasteiger partial charge in [0.05, 0.1) is 0 Å². The van der Waals surface area contributed by atoms with Crippen LogP contribution in [0.1, 0.15) is 5.56 Å². The van der Waals surface area contributed by atoms with Gasteiger partial charge < -0.3 is 15.7 Å². The molecule has 0 saturated heterocycles. The van der Waals surface area contributed by atoms with E-state index in [1.807, 2.05) is 0 Å². The molecule has 0 unspecified atom stereocenters. The van der Waals surface area contributed by atoms with Crippen LogP contribution in [0.2, 0.25) is 0 Å². The average Bonchev–Trinajstić information content (AvgIpc) is 2.41. The molecular formula is C15H13FN2O3. The molecule has 5 nitrogen and oxygen atoms in total. The van der Waals surface area contributed by atoms with Crippen LogP contribution in [0.25, 0.3) is 0 Å². The van der Waals surface area contributed by atoms with Crippen molar-refractivity contribution in [3.63, 3.8) is 0 Å². The summed E-state index contributed by atoms with van der Waals surface area (Å²) >= 11 is 0. The average molecular weight is 288 g/mol. The monoisotopic (exact) mass is 288 g/mol. The quantitative estimate of drug-likeness (QED) is 0.586. The number of hydrogen-bond donors (Lipinski definition) is 3. The molecule has 0 fully saturated rings. The number of halogens is 1. The molecule has 2 amide bonds. The van der Waals surface area contributed by atoms with E-state index in [9.17, 15) is 19.1 Å². The van der Waals surface area contributed by atoms with Crippen molar-refractivity contribution >= 4 is 23.2 Å². The third-order valence-corrected chi connectivity index (χ3v) is 2.75. The minimum atomic E-state index is -0.909. The molecule has 0 spiro atoms. The molecule has 6 heteroatoms. The Balaban J connectivity index is 2.04. The molecule has 0 heterocycles. The summed E-state index contributed by atoms with van der Waals surface area (Å²) in [7, 11) is 0. The van der Waals surface area contributed by atoms with E-state index in [0.717, 1.165) is 6.07 Å². The normalized spacial score (nSPS) is 10.0. The van der Waals surface area contributed by atoms with Crippen molar-refractivity contribution in [3.05, 3.63) is 53.8 Å². The zero-order valence-corrected chi connectivity index (χ0v) is 11.2. The summed E-state index contributed by atoms with van der Waals surface area (Å²) in [4.78, 5) is 23.5. The largest absolute Gasteiger partial charge is 0.508 e. The Morgan fingerprint density at radius 1 is 1.05 bits per heavy atom. The molecule has 0 atom stereocenters. The Hall–Kier alpha value is -2.89. The summed E-state index contributed by atoms with van der Waals surface area (Å²) in [6, 6.07) is 9.57. The van der Waals surface area contributed by atoms with E-state index in [4.69, 9.17) is 0 Å². The number of aryl methyl sites for hydroxylation is 1. The number of anilines is 2. The second-order valence-corrected chi connectivity index (χ2v) is 4.42. The first-order valence-electron chi connectivity index (χ1n) is 6.13. The number of hydrogen-bond acceptors (Lipinski definition) is 3. The third kappa shape index (κ3) is 3.79. The van der Waals surface area contributed by atoms with Gasteiger partial charge in [0.2, 0.25) is 0 Å². The molecule has 0 aliphatic carbocycles. The number of carbonyl (C=O) groups excluding carboxylic acids is 2. The van der Waals surface area contributed by atoms with Crippen LogP contribution >= 0.6 is 0 Å². The van der Waals surface area contributed by atoms with Crippen molar-refractivity contribution in [2.45, 2.75) is 6.92 Å². The van der Waals surface area contributed by atoms with Crippen molar-refractivity contribution in [2.75, 3.05) is 10.6 Å². The molecule has 2 aromatic carbocycles. The van der Waals surface area contributed by atoms with E-state index in [1.54, 1.807) is 6.92 Å². The first kappa shape index (κ1) is 14.5. The number of rotatable bonds is 2. The van der Waals surface area contributed by atoms with Gasteiger partial charge in [0.15, 0.2) is 0 Å². The van der Waals surface area contributed by atoms with Crippen LogP contribution in [0.5, 0.6) is 5.75 Å². The lowest BCUT2D eigenvalue weighted by atomic mass is 10.2. The first-order valence-corrected chi connectivity index (χ1v) is 6.13. The summed E-state index contributed by atoms with van der Waals surface area (Å²) < 4.78 is 13.0. The van der Waals surface area contributed by atoms with Crippen LogP contribution in [-0.2, 0) is 9.59 Å². The highest BCUT2D eigenvalue weighted by Gasteiger charge is 2.15. The number of amides is 2. The van der Waals surface area contributed by atoms with Crippen LogP contribution in [0.3, 0.4) is 0 Å². The number of aromatic hydroxyl groups is 1. The Labute approximate surface area is 120 Å². The van der Waals surface area contributed by atoms with Gasteiger partial charge in [-0.2, -0.15) is 0 Å². The zero-order valence-electron chi connectivity index (χ0n) is 11.2. The molecule has 0 radical (unpaired) electrons. The van der Waals surface area contributed by atoms with Crippen LogP contribution in [-0.4, -0.2) is 16.9 Å². The van der Waals surface area contributed by atoms with Gasteiger partial charge >= 0.3 is 11.8 Å². The van der Waals surface area contributed by atoms with Crippen LogP contribution in [0.4, 0.5) is 15.8 Å². The smallest absolute Gasteiger partial charge is 0.314 e. The SMILES string of the molecule is Cc1cc(O)ccc1NC(=O)C(=O)Nc1cccc(F)c1. The van der Waals surface area contributed by atoms with Crippen molar-refractivity contribution in [3.8, 4) is 5.75 Å². The van der Waals surface area contributed by atoms with Crippen molar-refractivity contribution in [1.29, 1.82) is 0 Å². The molecule has 0 aliphatic rings. The highest BCUT2D eigenvalue weighted by molar-refractivity contribution is 6.43. The van der Waals surface area contributed by atoms with E-state index in [0.29, 0.717) is 11.3 Å². The maximum Gasteiger partial charge on any atom is 0.314 e. The minimum Gasteiger partial charge on any atom is -0.508 e. The number of nitrogens with one attached hydrogen (secondary N) is 2. The third-order valence-electron chi connectivity index (χ3n) is 2.75. The van der Waals surface area contributed by atoms with Gasteiger partial charge in [-0.25, -0.2) is 4.39 Å². The molecule has 3 N–H and O–H groups in total. The highest BCUT2D eigenvalue weighted by atomic mass is 19.1. The fourth-order valence-electron chi connectivity index (χ4n) is 1.72. The molecule has 0 bridgehead atoms. The summed E-state index contributed by atoms with van der Waals surface area (Å²) in [6.45, 7) is 1.68. The standard InChI is InChI=1S/C15H13FN2O3/c1-9-7-12(19)5-6-13(9)18-15(21)14(20)17-11-4-2-3-10(16)8-11/h2-8,19H,1H3,(H,17,20)(H,18,21). The minimum absolute atomic E-state index is 0.0645. The summed E-state index contributed by atoms with van der Waals surface area (Å²) in [5, 5.41) is 14.0. The maximum atomic E-state index is 13.0. The second kappa shape index (κ2) is 6.04. The molecular weight excluding hydrogens is 275 g/mol. The molecule has 0 aromatic heterocycles. The summed E-state index contributed by atoms with van der Waals surface area (Å²) in [5.74, 6) is -2.24. The maximum absolute atomic E-state index is 13.0. The molecule has 0 aliphatic heterocycles. The predicted molar refractivity (Wildman–Crippen MR) is 76.5 cm³/mol. The molecule has 21 heavy (non-hydrogen) atoms. The number of phenolic OH excluding ortho intramolecular Hbond substituents is 1. The Morgan fingerprint density at radius 3 is 2.43 bits per heavy atom. The number of benzene rings is 2.